The van der Waals surface area contributed by atoms with Gasteiger partial charge >= 0.3 is 0 Å². The van der Waals surface area contributed by atoms with E-state index in [4.69, 9.17) is 5.26 Å². The molecule has 0 aromatic carbocycles. The van der Waals surface area contributed by atoms with Crippen molar-refractivity contribution < 1.29 is 0 Å². The number of nitrogens with zero attached hydrogens (tertiary/aromatic N) is 1. The second-order valence-electron chi connectivity index (χ2n) is 3.12. The normalized spacial score (nSPS) is 12.4. The van der Waals surface area contributed by atoms with Crippen LogP contribution in [0.1, 0.15) is 16.7 Å². The first-order valence-electron chi connectivity index (χ1n) is 4.47. The second kappa shape index (κ2) is 6.07. The van der Waals surface area contributed by atoms with E-state index in [9.17, 15) is 0 Å². The van der Waals surface area contributed by atoms with E-state index in [0.29, 0.717) is 6.04 Å². The fourth-order valence-corrected chi connectivity index (χ4v) is 2.49. The molecule has 0 bridgehead atoms. The molecule has 76 valence electrons. The van der Waals surface area contributed by atoms with Crippen LogP contribution in [0.5, 0.6) is 0 Å². The van der Waals surface area contributed by atoms with Gasteiger partial charge in [-0.15, -0.1) is 11.3 Å². The van der Waals surface area contributed by atoms with E-state index in [0.717, 1.165) is 17.2 Å². The van der Waals surface area contributed by atoms with Crippen molar-refractivity contribution in [2.45, 2.75) is 19.5 Å². The molecule has 1 aromatic heterocycles. The molecular formula is C10H14N2S2. The first kappa shape index (κ1) is 11.6. The molecule has 0 aliphatic rings. The van der Waals surface area contributed by atoms with Crippen LogP contribution in [-0.4, -0.2) is 18.1 Å². The minimum Gasteiger partial charge on any atom is -0.309 e. The van der Waals surface area contributed by atoms with Crippen LogP contribution in [-0.2, 0) is 6.54 Å². The monoisotopic (exact) mass is 226 g/mol. The number of thioether (sulfide) groups is 1. The van der Waals surface area contributed by atoms with Gasteiger partial charge in [0.05, 0.1) is 0 Å². The Balaban J connectivity index is 2.35. The summed E-state index contributed by atoms with van der Waals surface area (Å²) in [6.07, 6.45) is 2.11. The minimum absolute atomic E-state index is 0.526. The van der Waals surface area contributed by atoms with E-state index in [1.807, 2.05) is 23.9 Å². The van der Waals surface area contributed by atoms with Crippen molar-refractivity contribution in [1.29, 1.82) is 5.26 Å². The molecule has 1 heterocycles. The van der Waals surface area contributed by atoms with E-state index in [-0.39, 0.29) is 0 Å². The topological polar surface area (TPSA) is 35.8 Å². The zero-order chi connectivity index (χ0) is 10.4. The third-order valence-corrected chi connectivity index (χ3v) is 3.64. The van der Waals surface area contributed by atoms with Crippen molar-refractivity contribution >= 4 is 23.1 Å². The smallest absolute Gasteiger partial charge is 0.110 e. The number of nitrogens with one attached hydrogen (secondary N) is 1. The van der Waals surface area contributed by atoms with Crippen LogP contribution in [0.15, 0.2) is 12.1 Å². The van der Waals surface area contributed by atoms with Crippen molar-refractivity contribution in [2.75, 3.05) is 12.0 Å². The summed E-state index contributed by atoms with van der Waals surface area (Å²) in [6, 6.07) is 6.56. The maximum absolute atomic E-state index is 8.65. The highest BCUT2D eigenvalue weighted by Gasteiger charge is 2.02. The molecule has 2 nitrogen and oxygen atoms in total. The van der Waals surface area contributed by atoms with Crippen molar-refractivity contribution in [3.05, 3.63) is 21.9 Å². The Kier molecular flexibility index (Phi) is 5.02. The maximum Gasteiger partial charge on any atom is 0.110 e. The summed E-state index contributed by atoms with van der Waals surface area (Å²) in [4.78, 5) is 2.02. The molecule has 1 N–H and O–H groups in total. The van der Waals surface area contributed by atoms with Crippen LogP contribution in [0.25, 0.3) is 0 Å². The lowest BCUT2D eigenvalue weighted by molar-refractivity contribution is 0.601. The Morgan fingerprint density at radius 1 is 1.64 bits per heavy atom. The Hall–Kier alpha value is -0.500. The Labute approximate surface area is 93.3 Å². The molecule has 1 rings (SSSR count). The summed E-state index contributed by atoms with van der Waals surface area (Å²) in [5.41, 5.74) is 0. The summed E-state index contributed by atoms with van der Waals surface area (Å²) in [6.45, 7) is 3.05. The van der Waals surface area contributed by atoms with Gasteiger partial charge in [0.2, 0.25) is 0 Å². The second-order valence-corrected chi connectivity index (χ2v) is 5.19. The van der Waals surface area contributed by atoms with Crippen LogP contribution < -0.4 is 5.32 Å². The van der Waals surface area contributed by atoms with Crippen LogP contribution in [0, 0.1) is 11.3 Å². The fourth-order valence-electron chi connectivity index (χ4n) is 1.12. The Bertz CT molecular complexity index is 314. The van der Waals surface area contributed by atoms with Gasteiger partial charge in [-0.3, -0.25) is 0 Å². The highest BCUT2D eigenvalue weighted by atomic mass is 32.2. The minimum atomic E-state index is 0.526. The molecule has 0 radical (unpaired) electrons. The van der Waals surface area contributed by atoms with E-state index in [2.05, 4.69) is 24.6 Å². The third-order valence-electron chi connectivity index (χ3n) is 1.81. The molecule has 1 aromatic rings. The molecule has 0 aliphatic carbocycles. The van der Waals surface area contributed by atoms with Gasteiger partial charge in [0.25, 0.3) is 0 Å². The number of rotatable bonds is 5. The molecule has 0 amide bonds. The molecule has 0 saturated heterocycles. The molecule has 0 aliphatic heterocycles. The number of thiophene rings is 1. The van der Waals surface area contributed by atoms with E-state index >= 15 is 0 Å². The summed E-state index contributed by atoms with van der Waals surface area (Å²) in [5, 5.41) is 12.1. The highest BCUT2D eigenvalue weighted by molar-refractivity contribution is 7.98. The average molecular weight is 226 g/mol. The van der Waals surface area contributed by atoms with Gasteiger partial charge in [0, 0.05) is 23.2 Å². The lowest BCUT2D eigenvalue weighted by Crippen LogP contribution is -2.27. The molecule has 0 spiro atoms. The zero-order valence-corrected chi connectivity index (χ0v) is 10.0. The third kappa shape index (κ3) is 3.70. The standard InChI is InChI=1S/C10H14N2S2/c1-8(7-13-2)12-6-10-4-3-9(5-11)14-10/h3-4,8,12H,6-7H2,1-2H3. The van der Waals surface area contributed by atoms with Crippen LogP contribution >= 0.6 is 23.1 Å². The summed E-state index contributed by atoms with van der Waals surface area (Å²) >= 11 is 3.41. The zero-order valence-electron chi connectivity index (χ0n) is 8.41. The molecule has 1 unspecified atom stereocenters. The fraction of sp³-hybridized carbons (Fsp3) is 0.500. The van der Waals surface area contributed by atoms with Gasteiger partial charge in [0.15, 0.2) is 0 Å². The lowest BCUT2D eigenvalue weighted by Gasteiger charge is -2.10. The van der Waals surface area contributed by atoms with Crippen molar-refractivity contribution in [3.8, 4) is 6.07 Å². The lowest BCUT2D eigenvalue weighted by atomic mass is 10.3. The van der Waals surface area contributed by atoms with Crippen molar-refractivity contribution in [1.82, 2.24) is 5.32 Å². The largest absolute Gasteiger partial charge is 0.309 e. The van der Waals surface area contributed by atoms with Crippen LogP contribution in [0.2, 0.25) is 0 Å². The molecule has 0 saturated carbocycles. The van der Waals surface area contributed by atoms with Gasteiger partial charge in [-0.05, 0) is 25.3 Å². The van der Waals surface area contributed by atoms with Crippen LogP contribution in [0.3, 0.4) is 0 Å². The number of hydrogen-bond donors (Lipinski definition) is 1. The van der Waals surface area contributed by atoms with Crippen molar-refractivity contribution in [3.63, 3.8) is 0 Å². The molecule has 0 fully saturated rings. The summed E-state index contributed by atoms with van der Waals surface area (Å²) < 4.78 is 0. The van der Waals surface area contributed by atoms with Gasteiger partial charge in [0.1, 0.15) is 10.9 Å². The predicted octanol–water partition coefficient (Wildman–Crippen LogP) is 2.46. The first-order chi connectivity index (χ1) is 6.76. The molecular weight excluding hydrogens is 212 g/mol. The number of nitriles is 1. The van der Waals surface area contributed by atoms with Gasteiger partial charge in [-0.2, -0.15) is 17.0 Å². The van der Waals surface area contributed by atoms with E-state index in [1.54, 1.807) is 11.3 Å². The van der Waals surface area contributed by atoms with Crippen molar-refractivity contribution in [2.24, 2.45) is 0 Å². The maximum atomic E-state index is 8.65. The van der Waals surface area contributed by atoms with Gasteiger partial charge < -0.3 is 5.32 Å². The quantitative estimate of drug-likeness (QED) is 0.838. The van der Waals surface area contributed by atoms with E-state index in [1.165, 1.54) is 4.88 Å². The number of hydrogen-bond acceptors (Lipinski definition) is 4. The SMILES string of the molecule is CSCC(C)NCc1ccc(C#N)s1. The Morgan fingerprint density at radius 3 is 3.00 bits per heavy atom. The first-order valence-corrected chi connectivity index (χ1v) is 6.68. The van der Waals surface area contributed by atoms with E-state index < -0.39 is 0 Å². The van der Waals surface area contributed by atoms with Gasteiger partial charge in [-0.1, -0.05) is 0 Å². The predicted molar refractivity (Wildman–Crippen MR) is 63.7 cm³/mol. The summed E-state index contributed by atoms with van der Waals surface area (Å²) in [5.74, 6) is 1.12. The highest BCUT2D eigenvalue weighted by Crippen LogP contribution is 2.15. The molecule has 4 heteroatoms. The Morgan fingerprint density at radius 2 is 2.43 bits per heavy atom. The summed E-state index contributed by atoms with van der Waals surface area (Å²) in [7, 11) is 0. The molecule has 1 atom stereocenters. The average Bonchev–Trinajstić information content (AvgIpc) is 2.63. The van der Waals surface area contributed by atoms with Crippen LogP contribution in [0.4, 0.5) is 0 Å². The molecule has 14 heavy (non-hydrogen) atoms. The van der Waals surface area contributed by atoms with Gasteiger partial charge in [-0.25, -0.2) is 0 Å².